The number of anilines is 1. The van der Waals surface area contributed by atoms with Crippen molar-refractivity contribution in [1.29, 1.82) is 0 Å². The lowest BCUT2D eigenvalue weighted by Gasteiger charge is -2.15. The zero-order valence-corrected chi connectivity index (χ0v) is 11.3. The molecule has 17 heavy (non-hydrogen) atoms. The highest BCUT2D eigenvalue weighted by molar-refractivity contribution is 9.10. The van der Waals surface area contributed by atoms with Crippen LogP contribution in [0.1, 0.15) is 6.42 Å². The Labute approximate surface area is 112 Å². The Morgan fingerprint density at radius 3 is 3.06 bits per heavy atom. The van der Waals surface area contributed by atoms with Crippen molar-refractivity contribution in [3.63, 3.8) is 0 Å². The maximum absolute atomic E-state index is 11.8. The minimum absolute atomic E-state index is 0.124. The Balaban J connectivity index is 2.03. The molecular weight excluding hydrogens is 302 g/mol. The summed E-state index contributed by atoms with van der Waals surface area (Å²) in [5, 5.41) is 8.17. The third-order valence-electron chi connectivity index (χ3n) is 2.91. The zero-order valence-electron chi connectivity index (χ0n) is 8.85. The average Bonchev–Trinajstić information content (AvgIpc) is 2.82. The molecule has 1 amide bonds. The van der Waals surface area contributed by atoms with Crippen molar-refractivity contribution in [3.8, 4) is 0 Å². The number of hydrogen-bond donors (Lipinski definition) is 2. The third kappa shape index (κ3) is 1.85. The highest BCUT2D eigenvalue weighted by Gasteiger charge is 2.28. The summed E-state index contributed by atoms with van der Waals surface area (Å²) >= 11 is 7.73. The maximum Gasteiger partial charge on any atom is 0.228 e. The van der Waals surface area contributed by atoms with E-state index in [9.17, 15) is 4.79 Å². The van der Waals surface area contributed by atoms with E-state index in [2.05, 4.69) is 38.8 Å². The highest BCUT2D eigenvalue weighted by atomic mass is 79.9. The van der Waals surface area contributed by atoms with E-state index in [0.717, 1.165) is 21.2 Å². The number of hydrogen-bond acceptors (Lipinski definition) is 3. The van der Waals surface area contributed by atoms with Crippen LogP contribution in [0.2, 0.25) is 0 Å². The number of aromatic amines is 1. The first-order valence-electron chi connectivity index (χ1n) is 5.27. The van der Waals surface area contributed by atoms with Gasteiger partial charge in [-0.05, 0) is 34.1 Å². The van der Waals surface area contributed by atoms with Gasteiger partial charge in [0, 0.05) is 29.3 Å². The smallest absolute Gasteiger partial charge is 0.228 e. The molecule has 1 aromatic carbocycles. The van der Waals surface area contributed by atoms with Gasteiger partial charge in [-0.1, -0.05) is 0 Å². The van der Waals surface area contributed by atoms with Crippen LogP contribution in [0.15, 0.2) is 22.8 Å². The van der Waals surface area contributed by atoms with Gasteiger partial charge >= 0.3 is 0 Å². The second-order valence-electron chi connectivity index (χ2n) is 4.10. The van der Waals surface area contributed by atoms with Gasteiger partial charge in [0.2, 0.25) is 5.91 Å². The molecule has 6 heteroatoms. The van der Waals surface area contributed by atoms with E-state index in [1.54, 1.807) is 4.90 Å². The number of fused-ring (bicyclic) bond motifs is 1. The standard InChI is InChI=1S/C11H10BrN3OS/c12-11-8-2-1-6(3-9(8)13-14-11)15-5-7(17)4-10(15)16/h1-3,7,17H,4-5H2,(H,13,14). The number of nitrogens with zero attached hydrogens (tertiary/aromatic N) is 2. The first-order valence-corrected chi connectivity index (χ1v) is 6.58. The van der Waals surface area contributed by atoms with Gasteiger partial charge in [0.15, 0.2) is 0 Å². The van der Waals surface area contributed by atoms with Crippen molar-refractivity contribution in [2.75, 3.05) is 11.4 Å². The summed E-state index contributed by atoms with van der Waals surface area (Å²) in [6.07, 6.45) is 0.505. The van der Waals surface area contributed by atoms with Gasteiger partial charge in [-0.25, -0.2) is 0 Å². The van der Waals surface area contributed by atoms with Crippen LogP contribution in [0.25, 0.3) is 10.9 Å². The maximum atomic E-state index is 11.8. The molecule has 88 valence electrons. The molecule has 4 nitrogen and oxygen atoms in total. The number of rotatable bonds is 1. The Kier molecular flexibility index (Phi) is 2.63. The average molecular weight is 312 g/mol. The van der Waals surface area contributed by atoms with Crippen molar-refractivity contribution in [1.82, 2.24) is 10.2 Å². The minimum Gasteiger partial charge on any atom is -0.311 e. The monoisotopic (exact) mass is 311 g/mol. The number of H-pyrrole nitrogens is 1. The fourth-order valence-electron chi connectivity index (χ4n) is 2.07. The Bertz CT molecular complexity index is 597. The van der Waals surface area contributed by atoms with Crippen LogP contribution in [-0.4, -0.2) is 27.9 Å². The number of aromatic nitrogens is 2. The van der Waals surface area contributed by atoms with Gasteiger partial charge in [-0.3, -0.25) is 9.89 Å². The Morgan fingerprint density at radius 2 is 2.35 bits per heavy atom. The molecule has 0 aliphatic carbocycles. The van der Waals surface area contributed by atoms with Gasteiger partial charge in [-0.2, -0.15) is 17.7 Å². The fraction of sp³-hybridized carbons (Fsp3) is 0.273. The predicted octanol–water partition coefficient (Wildman–Crippen LogP) is 2.36. The normalized spacial score (nSPS) is 20.5. The predicted molar refractivity (Wildman–Crippen MR) is 73.5 cm³/mol. The van der Waals surface area contributed by atoms with Crippen LogP contribution in [0.3, 0.4) is 0 Å². The Hall–Kier alpha value is -1.01. The summed E-state index contributed by atoms with van der Waals surface area (Å²) in [5.74, 6) is 0.124. The molecule has 2 aromatic rings. The fourth-order valence-corrected chi connectivity index (χ4v) is 2.82. The molecule has 0 bridgehead atoms. The molecule has 1 aliphatic rings. The van der Waals surface area contributed by atoms with Crippen molar-refractivity contribution < 1.29 is 4.79 Å². The second kappa shape index (κ2) is 4.03. The van der Waals surface area contributed by atoms with E-state index in [0.29, 0.717) is 13.0 Å². The van der Waals surface area contributed by atoms with Crippen molar-refractivity contribution in [2.24, 2.45) is 0 Å². The molecule has 3 rings (SSSR count). The van der Waals surface area contributed by atoms with Gasteiger partial charge in [0.05, 0.1) is 5.52 Å². The molecule has 0 spiro atoms. The lowest BCUT2D eigenvalue weighted by molar-refractivity contribution is -0.117. The number of thiol groups is 1. The van der Waals surface area contributed by atoms with E-state index in [1.165, 1.54) is 0 Å². The highest BCUT2D eigenvalue weighted by Crippen LogP contribution is 2.29. The zero-order chi connectivity index (χ0) is 12.0. The lowest BCUT2D eigenvalue weighted by atomic mass is 10.2. The molecule has 1 aliphatic heterocycles. The van der Waals surface area contributed by atoms with E-state index < -0.39 is 0 Å². The summed E-state index contributed by atoms with van der Waals surface area (Å²) < 4.78 is 0.860. The Morgan fingerprint density at radius 1 is 1.53 bits per heavy atom. The number of carbonyl (C=O) groups is 1. The quantitative estimate of drug-likeness (QED) is 0.794. The molecule has 1 saturated heterocycles. The van der Waals surface area contributed by atoms with E-state index in [1.807, 2.05) is 18.2 Å². The first kappa shape index (κ1) is 11.1. The summed E-state index contributed by atoms with van der Waals surface area (Å²) in [5.41, 5.74) is 1.74. The van der Waals surface area contributed by atoms with Gasteiger partial charge in [0.25, 0.3) is 0 Å². The lowest BCUT2D eigenvalue weighted by Crippen LogP contribution is -2.24. The van der Waals surface area contributed by atoms with Crippen LogP contribution < -0.4 is 4.90 Å². The molecular formula is C11H10BrN3OS. The van der Waals surface area contributed by atoms with Crippen molar-refractivity contribution >= 4 is 51.1 Å². The molecule has 2 heterocycles. The van der Waals surface area contributed by atoms with Crippen LogP contribution in [-0.2, 0) is 4.79 Å². The van der Waals surface area contributed by atoms with Crippen molar-refractivity contribution in [3.05, 3.63) is 22.8 Å². The molecule has 1 unspecified atom stereocenters. The first-order chi connectivity index (χ1) is 8.15. The van der Waals surface area contributed by atoms with E-state index in [4.69, 9.17) is 0 Å². The number of nitrogens with one attached hydrogen (secondary N) is 1. The van der Waals surface area contributed by atoms with Gasteiger partial charge < -0.3 is 4.90 Å². The van der Waals surface area contributed by atoms with Crippen LogP contribution >= 0.6 is 28.6 Å². The van der Waals surface area contributed by atoms with Crippen LogP contribution in [0, 0.1) is 0 Å². The molecule has 1 atom stereocenters. The third-order valence-corrected chi connectivity index (χ3v) is 3.86. The number of benzene rings is 1. The second-order valence-corrected chi connectivity index (χ2v) is 5.62. The number of amides is 1. The minimum atomic E-state index is 0.124. The largest absolute Gasteiger partial charge is 0.311 e. The molecule has 1 aromatic heterocycles. The number of halogens is 1. The molecule has 0 radical (unpaired) electrons. The molecule has 0 saturated carbocycles. The molecule has 1 N–H and O–H groups in total. The SMILES string of the molecule is O=C1CC(S)CN1c1ccc2c(Br)[nH]nc2c1. The number of carbonyl (C=O) groups excluding carboxylic acids is 1. The summed E-state index contributed by atoms with van der Waals surface area (Å²) in [6, 6.07) is 5.81. The van der Waals surface area contributed by atoms with E-state index >= 15 is 0 Å². The van der Waals surface area contributed by atoms with Crippen LogP contribution in [0.5, 0.6) is 0 Å². The topological polar surface area (TPSA) is 49.0 Å². The van der Waals surface area contributed by atoms with Crippen LogP contribution in [0.4, 0.5) is 5.69 Å². The van der Waals surface area contributed by atoms with E-state index in [-0.39, 0.29) is 11.2 Å². The van der Waals surface area contributed by atoms with Gasteiger partial charge in [0.1, 0.15) is 4.60 Å². The summed E-state index contributed by atoms with van der Waals surface area (Å²) in [6.45, 7) is 0.666. The van der Waals surface area contributed by atoms with Crippen molar-refractivity contribution in [2.45, 2.75) is 11.7 Å². The van der Waals surface area contributed by atoms with Gasteiger partial charge in [-0.15, -0.1) is 0 Å². The molecule has 1 fully saturated rings. The summed E-state index contributed by atoms with van der Waals surface area (Å²) in [7, 11) is 0. The summed E-state index contributed by atoms with van der Waals surface area (Å²) in [4.78, 5) is 13.5.